The number of nitrogens with one attached hydrogen (secondary N) is 1. The number of likely N-dealkylation sites (N-methyl/N-ethyl adjacent to an activating group) is 1. The zero-order chi connectivity index (χ0) is 13.0. The fourth-order valence-corrected chi connectivity index (χ4v) is 3.60. The maximum absolute atomic E-state index is 5.94. The van der Waals surface area contributed by atoms with Gasteiger partial charge < -0.3 is 9.64 Å². The van der Waals surface area contributed by atoms with Crippen molar-refractivity contribution in [1.29, 1.82) is 0 Å². The smallest absolute Gasteiger partial charge is 0.0871 e. The third-order valence-corrected chi connectivity index (χ3v) is 4.80. The zero-order valence-electron chi connectivity index (χ0n) is 11.9. The minimum atomic E-state index is 0.259. The monoisotopic (exact) mass is 255 g/mol. The lowest BCUT2D eigenvalue weighted by atomic mass is 9.75. The van der Waals surface area contributed by atoms with Crippen LogP contribution in [-0.2, 0) is 4.74 Å². The molecule has 18 heavy (non-hydrogen) atoms. The van der Waals surface area contributed by atoms with E-state index in [0.717, 1.165) is 25.6 Å². The Morgan fingerprint density at radius 3 is 2.94 bits per heavy atom. The summed E-state index contributed by atoms with van der Waals surface area (Å²) >= 11 is 0. The van der Waals surface area contributed by atoms with Crippen LogP contribution in [0.2, 0.25) is 0 Å². The third kappa shape index (κ3) is 3.44. The molecule has 3 N–H and O–H groups in total. The molecule has 0 amide bonds. The average molecular weight is 255 g/mol. The quantitative estimate of drug-likeness (QED) is 0.588. The van der Waals surface area contributed by atoms with Crippen molar-refractivity contribution in [2.24, 2.45) is 17.7 Å². The number of hydrogen-bond acceptors (Lipinski definition) is 4. The molecule has 1 saturated carbocycles. The van der Waals surface area contributed by atoms with Crippen LogP contribution in [0.15, 0.2) is 0 Å². The number of nitrogens with zero attached hydrogens (tertiary/aromatic N) is 1. The summed E-state index contributed by atoms with van der Waals surface area (Å²) in [5, 5.41) is 0. The minimum Gasteiger partial charge on any atom is -0.374 e. The second kappa shape index (κ2) is 6.85. The first-order chi connectivity index (χ1) is 8.74. The number of hydrogen-bond donors (Lipinski definition) is 2. The minimum absolute atomic E-state index is 0.259. The molecule has 2 aliphatic rings. The van der Waals surface area contributed by atoms with Crippen molar-refractivity contribution < 1.29 is 4.74 Å². The number of rotatable bonds is 4. The molecule has 1 saturated heterocycles. The van der Waals surface area contributed by atoms with Gasteiger partial charge in [-0.15, -0.1) is 0 Å². The summed E-state index contributed by atoms with van der Waals surface area (Å²) in [7, 11) is 2.17. The lowest BCUT2D eigenvalue weighted by Gasteiger charge is -2.41. The Bertz CT molecular complexity index is 249. The molecule has 0 aromatic heterocycles. The second-order valence-corrected chi connectivity index (χ2v) is 6.06. The standard InChI is InChI=1S/C14H29N3O/c1-3-11-5-4-6-12(9-11)14(16-15)13-10-17(2)7-8-18-13/h11-14,16H,3-10,15H2,1-2H3. The fourth-order valence-electron chi connectivity index (χ4n) is 3.60. The van der Waals surface area contributed by atoms with Crippen LogP contribution in [0.1, 0.15) is 39.0 Å². The van der Waals surface area contributed by atoms with Crippen molar-refractivity contribution in [3.63, 3.8) is 0 Å². The molecule has 1 aliphatic heterocycles. The van der Waals surface area contributed by atoms with E-state index < -0.39 is 0 Å². The third-order valence-electron chi connectivity index (χ3n) is 4.80. The molecule has 4 unspecified atom stereocenters. The van der Waals surface area contributed by atoms with E-state index in [1.165, 1.54) is 32.1 Å². The van der Waals surface area contributed by atoms with Crippen LogP contribution in [0.4, 0.5) is 0 Å². The fraction of sp³-hybridized carbons (Fsp3) is 1.00. The van der Waals surface area contributed by atoms with E-state index in [-0.39, 0.29) is 6.10 Å². The van der Waals surface area contributed by atoms with Gasteiger partial charge in [0.2, 0.25) is 0 Å². The summed E-state index contributed by atoms with van der Waals surface area (Å²) in [6.07, 6.45) is 6.93. The Balaban J connectivity index is 1.94. The van der Waals surface area contributed by atoms with E-state index >= 15 is 0 Å². The molecular weight excluding hydrogens is 226 g/mol. The zero-order valence-corrected chi connectivity index (χ0v) is 11.9. The van der Waals surface area contributed by atoms with Crippen molar-refractivity contribution in [2.75, 3.05) is 26.7 Å². The Labute approximate surface area is 111 Å². The number of morpholine rings is 1. The van der Waals surface area contributed by atoms with Gasteiger partial charge in [0.05, 0.1) is 18.8 Å². The highest BCUT2D eigenvalue weighted by atomic mass is 16.5. The van der Waals surface area contributed by atoms with Gasteiger partial charge in [-0.3, -0.25) is 11.3 Å². The molecule has 0 radical (unpaired) electrons. The Hall–Kier alpha value is -0.160. The van der Waals surface area contributed by atoms with Gasteiger partial charge in [0.1, 0.15) is 0 Å². The maximum Gasteiger partial charge on any atom is 0.0871 e. The van der Waals surface area contributed by atoms with Crippen LogP contribution >= 0.6 is 0 Å². The summed E-state index contributed by atoms with van der Waals surface area (Å²) in [5.41, 5.74) is 3.06. The van der Waals surface area contributed by atoms with E-state index in [9.17, 15) is 0 Å². The molecule has 2 rings (SSSR count). The summed E-state index contributed by atoms with van der Waals surface area (Å²) in [5.74, 6) is 7.39. The molecule has 0 spiro atoms. The molecule has 1 heterocycles. The highest BCUT2D eigenvalue weighted by Crippen LogP contribution is 2.34. The van der Waals surface area contributed by atoms with Crippen molar-refractivity contribution in [1.82, 2.24) is 10.3 Å². The van der Waals surface area contributed by atoms with Gasteiger partial charge in [-0.2, -0.15) is 0 Å². The van der Waals surface area contributed by atoms with Crippen LogP contribution < -0.4 is 11.3 Å². The predicted molar refractivity (Wildman–Crippen MR) is 74.1 cm³/mol. The SMILES string of the molecule is CCC1CCCC(C(NN)C2CN(C)CCO2)C1. The van der Waals surface area contributed by atoms with E-state index in [0.29, 0.717) is 12.0 Å². The molecule has 0 aromatic rings. The predicted octanol–water partition coefficient (Wildman–Crippen LogP) is 1.37. The van der Waals surface area contributed by atoms with Gasteiger partial charge in [-0.05, 0) is 31.7 Å². The molecule has 106 valence electrons. The van der Waals surface area contributed by atoms with Gasteiger partial charge in [-0.25, -0.2) is 0 Å². The van der Waals surface area contributed by atoms with Crippen molar-refractivity contribution in [2.45, 2.75) is 51.2 Å². The van der Waals surface area contributed by atoms with E-state index in [4.69, 9.17) is 10.6 Å². The van der Waals surface area contributed by atoms with Gasteiger partial charge in [0.15, 0.2) is 0 Å². The van der Waals surface area contributed by atoms with Crippen molar-refractivity contribution in [3.05, 3.63) is 0 Å². The van der Waals surface area contributed by atoms with E-state index in [1.54, 1.807) is 0 Å². The molecule has 4 heteroatoms. The molecule has 4 nitrogen and oxygen atoms in total. The van der Waals surface area contributed by atoms with Crippen LogP contribution in [-0.4, -0.2) is 43.8 Å². The molecule has 0 bridgehead atoms. The van der Waals surface area contributed by atoms with Crippen LogP contribution in [0, 0.1) is 11.8 Å². The number of nitrogens with two attached hydrogens (primary N) is 1. The first kappa shape index (κ1) is 14.3. The number of hydrazine groups is 1. The van der Waals surface area contributed by atoms with Crippen LogP contribution in [0.25, 0.3) is 0 Å². The number of ether oxygens (including phenoxy) is 1. The summed E-state index contributed by atoms with van der Waals surface area (Å²) < 4.78 is 5.94. The van der Waals surface area contributed by atoms with Gasteiger partial charge in [0, 0.05) is 13.1 Å². The Morgan fingerprint density at radius 2 is 2.28 bits per heavy atom. The molecule has 1 aliphatic carbocycles. The summed E-state index contributed by atoms with van der Waals surface area (Å²) in [4.78, 5) is 2.35. The first-order valence-electron chi connectivity index (χ1n) is 7.50. The molecule has 0 aromatic carbocycles. The van der Waals surface area contributed by atoms with E-state index in [2.05, 4.69) is 24.3 Å². The molecular formula is C14H29N3O. The lowest BCUT2D eigenvalue weighted by molar-refractivity contribution is -0.0544. The topological polar surface area (TPSA) is 50.5 Å². The van der Waals surface area contributed by atoms with Crippen molar-refractivity contribution in [3.8, 4) is 0 Å². The maximum atomic E-state index is 5.94. The summed E-state index contributed by atoms with van der Waals surface area (Å²) in [6.45, 7) is 5.18. The van der Waals surface area contributed by atoms with Gasteiger partial charge >= 0.3 is 0 Å². The van der Waals surface area contributed by atoms with Gasteiger partial charge in [-0.1, -0.05) is 26.2 Å². The van der Waals surface area contributed by atoms with Crippen molar-refractivity contribution >= 4 is 0 Å². The average Bonchev–Trinajstić information content (AvgIpc) is 2.40. The largest absolute Gasteiger partial charge is 0.374 e. The highest BCUT2D eigenvalue weighted by molar-refractivity contribution is 4.89. The molecule has 2 fully saturated rings. The normalized spacial score (nSPS) is 36.5. The van der Waals surface area contributed by atoms with Crippen LogP contribution in [0.3, 0.4) is 0 Å². The lowest BCUT2D eigenvalue weighted by Crippen LogP contribution is -2.56. The first-order valence-corrected chi connectivity index (χ1v) is 7.50. The van der Waals surface area contributed by atoms with E-state index in [1.807, 2.05) is 0 Å². The molecule has 4 atom stereocenters. The van der Waals surface area contributed by atoms with Gasteiger partial charge in [0.25, 0.3) is 0 Å². The summed E-state index contributed by atoms with van der Waals surface area (Å²) in [6, 6.07) is 0.321. The van der Waals surface area contributed by atoms with Crippen LogP contribution in [0.5, 0.6) is 0 Å². The highest BCUT2D eigenvalue weighted by Gasteiger charge is 2.34. The Morgan fingerprint density at radius 1 is 1.44 bits per heavy atom. The Kier molecular flexibility index (Phi) is 5.42. The second-order valence-electron chi connectivity index (χ2n) is 6.06.